The van der Waals surface area contributed by atoms with Gasteiger partial charge in [-0.05, 0) is 74.4 Å². The number of hydrogen-bond acceptors (Lipinski definition) is 12. The lowest BCUT2D eigenvalue weighted by Crippen LogP contribution is -2.23. The van der Waals surface area contributed by atoms with Crippen LogP contribution in [0.3, 0.4) is 0 Å². The Morgan fingerprint density at radius 3 is 2.22 bits per heavy atom. The number of carbonyl (C=O) groups is 1. The maximum absolute atomic E-state index is 11.0. The molecule has 0 saturated carbocycles. The standard InChI is InChI=1S/C34H39N7O3S2/c1-3-32(42)44-24-11-9-7-5-6-8-10-23-43-29-19-15-27(16-20-29)37-39-31-25-30-33(46-31)36-34(45-30)40-38-26-13-17-28(18-14-26)41(4-2)22-12-21-35/h3,13-20,25H,1,4-12,22-24H2,2H3. The van der Waals surface area contributed by atoms with Crippen LogP contribution in [0.5, 0.6) is 5.75 Å². The molecule has 4 rings (SSSR count). The monoisotopic (exact) mass is 657 g/mol. The number of esters is 1. The lowest BCUT2D eigenvalue weighted by molar-refractivity contribution is -0.137. The molecule has 0 amide bonds. The number of aromatic nitrogens is 1. The van der Waals surface area contributed by atoms with E-state index in [1.807, 2.05) is 54.6 Å². The molecule has 0 atom stereocenters. The quantitative estimate of drug-likeness (QED) is 0.0403. The highest BCUT2D eigenvalue weighted by Crippen LogP contribution is 2.39. The molecule has 2 heterocycles. The van der Waals surface area contributed by atoms with E-state index in [4.69, 9.17) is 14.7 Å². The Labute approximate surface area is 278 Å². The summed E-state index contributed by atoms with van der Waals surface area (Å²) in [6, 6.07) is 19.6. The first-order chi connectivity index (χ1) is 22.6. The van der Waals surface area contributed by atoms with E-state index < -0.39 is 0 Å². The van der Waals surface area contributed by atoms with Crippen molar-refractivity contribution in [1.82, 2.24) is 4.98 Å². The van der Waals surface area contributed by atoms with Crippen molar-refractivity contribution in [3.63, 3.8) is 0 Å². The van der Waals surface area contributed by atoms with Crippen molar-refractivity contribution in [3.05, 3.63) is 67.3 Å². The molecule has 0 N–H and O–H groups in total. The summed E-state index contributed by atoms with van der Waals surface area (Å²) in [6.45, 7) is 8.17. The topological polar surface area (TPSA) is 125 Å². The summed E-state index contributed by atoms with van der Waals surface area (Å²) >= 11 is 2.93. The van der Waals surface area contributed by atoms with Gasteiger partial charge in [0.25, 0.3) is 0 Å². The number of ether oxygens (including phenoxy) is 2. The molecule has 0 unspecified atom stereocenters. The minimum absolute atomic E-state index is 0.348. The fourth-order valence-corrected chi connectivity index (χ4v) is 6.36. The van der Waals surface area contributed by atoms with E-state index in [0.29, 0.717) is 31.3 Å². The van der Waals surface area contributed by atoms with Crippen molar-refractivity contribution in [2.24, 2.45) is 20.5 Å². The Kier molecular flexibility index (Phi) is 14.3. The van der Waals surface area contributed by atoms with Gasteiger partial charge >= 0.3 is 5.97 Å². The molecule has 4 aromatic rings. The van der Waals surface area contributed by atoms with Gasteiger partial charge in [-0.1, -0.05) is 61.4 Å². The molecule has 0 aliphatic rings. The zero-order valence-corrected chi connectivity index (χ0v) is 27.8. The third-order valence-electron chi connectivity index (χ3n) is 6.98. The molecule has 0 bridgehead atoms. The molecule has 0 aliphatic carbocycles. The van der Waals surface area contributed by atoms with Gasteiger partial charge in [0.05, 0.1) is 41.8 Å². The van der Waals surface area contributed by atoms with Crippen molar-refractivity contribution in [2.75, 3.05) is 31.2 Å². The van der Waals surface area contributed by atoms with Gasteiger partial charge in [0.2, 0.25) is 5.13 Å². The van der Waals surface area contributed by atoms with Crippen LogP contribution >= 0.6 is 22.7 Å². The van der Waals surface area contributed by atoms with E-state index in [1.165, 1.54) is 41.6 Å². The summed E-state index contributed by atoms with van der Waals surface area (Å²) in [5, 5.41) is 27.7. The Balaban J connectivity index is 1.15. The van der Waals surface area contributed by atoms with Crippen LogP contribution in [-0.4, -0.2) is 37.3 Å². The lowest BCUT2D eigenvalue weighted by atomic mass is 10.1. The molecular formula is C34H39N7O3S2. The molecule has 46 heavy (non-hydrogen) atoms. The van der Waals surface area contributed by atoms with E-state index in [1.54, 1.807) is 0 Å². The van der Waals surface area contributed by atoms with Crippen molar-refractivity contribution in [1.29, 1.82) is 5.26 Å². The minimum Gasteiger partial charge on any atom is -0.494 e. The molecule has 0 aliphatic heterocycles. The van der Waals surface area contributed by atoms with E-state index in [-0.39, 0.29) is 5.97 Å². The lowest BCUT2D eigenvalue weighted by Gasteiger charge is -2.21. The van der Waals surface area contributed by atoms with E-state index >= 15 is 0 Å². The predicted molar refractivity (Wildman–Crippen MR) is 186 cm³/mol. The highest BCUT2D eigenvalue weighted by molar-refractivity contribution is 7.30. The van der Waals surface area contributed by atoms with Gasteiger partial charge in [0.1, 0.15) is 15.6 Å². The van der Waals surface area contributed by atoms with Crippen LogP contribution in [0.2, 0.25) is 0 Å². The molecule has 2 aromatic carbocycles. The van der Waals surface area contributed by atoms with Gasteiger partial charge in [-0.15, -0.1) is 20.5 Å². The second kappa shape index (κ2) is 19.1. The van der Waals surface area contributed by atoms with Crippen molar-refractivity contribution in [2.45, 2.75) is 58.3 Å². The summed E-state index contributed by atoms with van der Waals surface area (Å²) in [4.78, 5) is 18.6. The number of azo groups is 2. The third-order valence-corrected chi connectivity index (χ3v) is 8.90. The van der Waals surface area contributed by atoms with Crippen LogP contribution in [0.15, 0.2) is 87.7 Å². The summed E-state index contributed by atoms with van der Waals surface area (Å²) in [5.41, 5.74) is 2.56. The molecule has 2 aromatic heterocycles. The normalized spacial score (nSPS) is 11.3. The summed E-state index contributed by atoms with van der Waals surface area (Å²) in [7, 11) is 0. The Hall–Kier alpha value is -4.47. The van der Waals surface area contributed by atoms with Crippen LogP contribution in [-0.2, 0) is 9.53 Å². The number of nitriles is 1. The maximum Gasteiger partial charge on any atom is 0.330 e. The Morgan fingerprint density at radius 2 is 1.57 bits per heavy atom. The fourth-order valence-electron chi connectivity index (χ4n) is 4.51. The largest absolute Gasteiger partial charge is 0.494 e. The summed E-state index contributed by atoms with van der Waals surface area (Å²) in [6.07, 6.45) is 9.32. The van der Waals surface area contributed by atoms with Crippen molar-refractivity contribution >= 4 is 65.4 Å². The molecular weight excluding hydrogens is 619 g/mol. The van der Waals surface area contributed by atoms with Gasteiger partial charge in [-0.3, -0.25) is 0 Å². The van der Waals surface area contributed by atoms with Crippen LogP contribution in [0.1, 0.15) is 58.3 Å². The van der Waals surface area contributed by atoms with Gasteiger partial charge in [-0.2, -0.15) is 5.26 Å². The Bertz CT molecular complexity index is 1590. The number of benzene rings is 2. The SMILES string of the molecule is C=CC(=O)OCCCCCCCCCOc1ccc(N=Nc2cc3sc(N=Nc4ccc(N(CC)CCC#N)cc4)nc3s2)cc1. The van der Waals surface area contributed by atoms with Crippen LogP contribution < -0.4 is 9.64 Å². The van der Waals surface area contributed by atoms with Gasteiger partial charge in [-0.25, -0.2) is 9.78 Å². The second-order valence-electron chi connectivity index (χ2n) is 10.3. The number of rotatable bonds is 20. The number of hydrogen-bond donors (Lipinski definition) is 0. The Morgan fingerprint density at radius 1 is 0.913 bits per heavy atom. The average molecular weight is 658 g/mol. The van der Waals surface area contributed by atoms with E-state index in [0.717, 1.165) is 76.0 Å². The number of thiazole rings is 1. The van der Waals surface area contributed by atoms with Crippen LogP contribution in [0.4, 0.5) is 27.2 Å². The maximum atomic E-state index is 11.0. The second-order valence-corrected chi connectivity index (χ2v) is 12.4. The zero-order valence-electron chi connectivity index (χ0n) is 26.1. The summed E-state index contributed by atoms with van der Waals surface area (Å²) in [5.74, 6) is 0.476. The van der Waals surface area contributed by atoms with Crippen molar-refractivity contribution < 1.29 is 14.3 Å². The van der Waals surface area contributed by atoms with Gasteiger partial charge in [0, 0.05) is 24.9 Å². The highest BCUT2D eigenvalue weighted by Gasteiger charge is 2.09. The summed E-state index contributed by atoms with van der Waals surface area (Å²) < 4.78 is 11.9. The molecule has 12 heteroatoms. The van der Waals surface area contributed by atoms with Crippen LogP contribution in [0, 0.1) is 11.3 Å². The van der Waals surface area contributed by atoms with Crippen molar-refractivity contribution in [3.8, 4) is 11.8 Å². The van der Waals surface area contributed by atoms with E-state index in [9.17, 15) is 4.79 Å². The third kappa shape index (κ3) is 11.5. The molecule has 10 nitrogen and oxygen atoms in total. The average Bonchev–Trinajstić information content (AvgIpc) is 3.65. The van der Waals surface area contributed by atoms with E-state index in [2.05, 4.69) is 49.9 Å². The first-order valence-corrected chi connectivity index (χ1v) is 17.2. The zero-order chi connectivity index (χ0) is 32.4. The first-order valence-electron chi connectivity index (χ1n) is 15.6. The predicted octanol–water partition coefficient (Wildman–Crippen LogP) is 10.8. The molecule has 240 valence electrons. The fraction of sp³-hybridized carbons (Fsp3) is 0.382. The van der Waals surface area contributed by atoms with Gasteiger partial charge in [0.15, 0.2) is 0 Å². The number of unbranched alkanes of at least 4 members (excludes halogenated alkanes) is 6. The van der Waals surface area contributed by atoms with Gasteiger partial charge < -0.3 is 14.4 Å². The van der Waals surface area contributed by atoms with Crippen LogP contribution in [0.25, 0.3) is 9.53 Å². The number of thiophene rings is 1. The number of nitrogens with zero attached hydrogens (tertiary/aromatic N) is 7. The highest BCUT2D eigenvalue weighted by atomic mass is 32.1. The smallest absolute Gasteiger partial charge is 0.330 e. The number of anilines is 1. The molecule has 0 radical (unpaired) electrons. The number of fused-ring (bicyclic) bond motifs is 1. The molecule has 0 fully saturated rings. The molecule has 0 spiro atoms. The molecule has 0 saturated heterocycles. The minimum atomic E-state index is -0.348. The first kappa shape index (κ1) is 34.4. The number of carbonyl (C=O) groups excluding carboxylic acids is 1.